The number of ether oxygens (including phenoxy) is 2. The first-order valence-corrected chi connectivity index (χ1v) is 14.6. The molecule has 2 aliphatic carbocycles. The molecule has 3 atom stereocenters. The number of fused-ring (bicyclic) bond motifs is 3. The first-order valence-electron chi connectivity index (χ1n) is 12.1. The SMILES string of the molecule is COc1cc2c(cc1OC)C(Sc1ccccc1)N(S(=O)(=O)C[C@]13CC[C@H](CC1=O)C3(C)C)CC2. The van der Waals surface area contributed by atoms with Crippen molar-refractivity contribution in [3.63, 3.8) is 0 Å². The molecule has 0 aromatic heterocycles. The summed E-state index contributed by atoms with van der Waals surface area (Å²) in [6, 6.07) is 13.7. The van der Waals surface area contributed by atoms with Crippen molar-refractivity contribution in [1.82, 2.24) is 4.31 Å². The minimum atomic E-state index is -3.74. The van der Waals surface area contributed by atoms with Gasteiger partial charge in [0.1, 0.15) is 11.2 Å². The molecular formula is C27H33NO5S2. The minimum Gasteiger partial charge on any atom is -0.493 e. The molecule has 8 heteroatoms. The number of carbonyl (C=O) groups is 1. The normalized spacial score (nSPS) is 27.6. The number of carbonyl (C=O) groups excluding carboxylic acids is 1. The number of nitrogens with zero attached hydrogens (tertiary/aromatic N) is 1. The molecule has 0 radical (unpaired) electrons. The lowest BCUT2D eigenvalue weighted by Crippen LogP contribution is -2.48. The number of Topliss-reactive ketones (excluding diaryl/α,β-unsaturated/α-hetero) is 1. The van der Waals surface area contributed by atoms with E-state index < -0.39 is 20.8 Å². The van der Waals surface area contributed by atoms with Gasteiger partial charge in [0.15, 0.2) is 11.5 Å². The Bertz CT molecular complexity index is 1240. The van der Waals surface area contributed by atoms with Gasteiger partial charge >= 0.3 is 0 Å². The van der Waals surface area contributed by atoms with Gasteiger partial charge in [-0.3, -0.25) is 4.79 Å². The summed E-state index contributed by atoms with van der Waals surface area (Å²) in [5, 5.41) is -0.459. The van der Waals surface area contributed by atoms with E-state index in [1.165, 1.54) is 11.8 Å². The smallest absolute Gasteiger partial charge is 0.216 e. The van der Waals surface area contributed by atoms with Gasteiger partial charge in [-0.15, -0.1) is 11.8 Å². The quantitative estimate of drug-likeness (QED) is 0.512. The van der Waals surface area contributed by atoms with E-state index in [-0.39, 0.29) is 22.9 Å². The summed E-state index contributed by atoms with van der Waals surface area (Å²) in [4.78, 5) is 14.1. The maximum Gasteiger partial charge on any atom is 0.216 e. The molecule has 2 fully saturated rings. The third kappa shape index (κ3) is 3.89. The van der Waals surface area contributed by atoms with Gasteiger partial charge in [0, 0.05) is 23.3 Å². The van der Waals surface area contributed by atoms with Gasteiger partial charge in [0.25, 0.3) is 0 Å². The molecule has 2 bridgehead atoms. The third-order valence-electron chi connectivity index (χ3n) is 8.69. The number of hydrogen-bond donors (Lipinski definition) is 0. The Labute approximate surface area is 212 Å². The Hall–Kier alpha value is -2.03. The van der Waals surface area contributed by atoms with E-state index in [0.717, 1.165) is 22.4 Å². The van der Waals surface area contributed by atoms with Crippen LogP contribution in [0.4, 0.5) is 0 Å². The Morgan fingerprint density at radius 3 is 2.37 bits per heavy atom. The maximum absolute atomic E-state index is 14.1. The molecule has 35 heavy (non-hydrogen) atoms. The second-order valence-corrected chi connectivity index (χ2v) is 13.5. The number of methoxy groups -OCH3 is 2. The highest BCUT2D eigenvalue weighted by Crippen LogP contribution is 2.64. The first-order chi connectivity index (χ1) is 16.6. The standard InChI is InChI=1S/C27H33NO5S2/c1-26(2)19-10-12-27(26,24(29)15-19)17-35(30,31)28-13-11-18-14-22(32-3)23(33-4)16-21(18)25(28)34-20-8-6-5-7-9-20/h5-9,14,16,19,25H,10-13,15,17H2,1-4H3/t19-,25?,27-/m1/s1. The van der Waals surface area contributed by atoms with Gasteiger partial charge in [-0.05, 0) is 66.0 Å². The van der Waals surface area contributed by atoms with E-state index >= 15 is 0 Å². The fourth-order valence-electron chi connectivity index (χ4n) is 6.42. The molecule has 0 N–H and O–H groups in total. The Morgan fingerprint density at radius 2 is 1.77 bits per heavy atom. The van der Waals surface area contributed by atoms with Gasteiger partial charge in [0.2, 0.25) is 10.0 Å². The van der Waals surface area contributed by atoms with Crippen molar-refractivity contribution in [1.29, 1.82) is 0 Å². The van der Waals surface area contributed by atoms with Gasteiger partial charge in [-0.2, -0.15) is 4.31 Å². The molecule has 1 unspecified atom stereocenters. The van der Waals surface area contributed by atoms with Crippen LogP contribution in [0.3, 0.4) is 0 Å². The molecule has 188 valence electrons. The lowest BCUT2D eigenvalue weighted by Gasteiger charge is -2.41. The third-order valence-corrected chi connectivity index (χ3v) is 12.1. The monoisotopic (exact) mass is 515 g/mol. The zero-order valence-corrected chi connectivity index (χ0v) is 22.4. The highest BCUT2D eigenvalue weighted by Gasteiger charge is 2.65. The largest absolute Gasteiger partial charge is 0.493 e. The average molecular weight is 516 g/mol. The molecule has 3 aliphatic rings. The molecule has 0 spiro atoms. The lowest BCUT2D eigenvalue weighted by molar-refractivity contribution is -0.128. The van der Waals surface area contributed by atoms with Crippen molar-refractivity contribution in [2.24, 2.45) is 16.7 Å². The summed E-state index contributed by atoms with van der Waals surface area (Å²) < 4.78 is 41.0. The Balaban J connectivity index is 1.56. The predicted molar refractivity (Wildman–Crippen MR) is 137 cm³/mol. The van der Waals surface area contributed by atoms with E-state index in [1.54, 1.807) is 18.5 Å². The Kier molecular flexibility index (Phi) is 6.21. The average Bonchev–Trinajstić information content (AvgIpc) is 3.18. The molecule has 0 saturated heterocycles. The second kappa shape index (κ2) is 8.82. The van der Waals surface area contributed by atoms with Crippen LogP contribution < -0.4 is 9.47 Å². The van der Waals surface area contributed by atoms with Gasteiger partial charge in [-0.1, -0.05) is 32.0 Å². The lowest BCUT2D eigenvalue weighted by atomic mass is 9.70. The molecule has 6 nitrogen and oxygen atoms in total. The van der Waals surface area contributed by atoms with Crippen LogP contribution in [0.2, 0.25) is 0 Å². The highest BCUT2D eigenvalue weighted by molar-refractivity contribution is 8.00. The molecule has 1 heterocycles. The second-order valence-electron chi connectivity index (χ2n) is 10.5. The molecular weight excluding hydrogens is 482 g/mol. The molecule has 2 saturated carbocycles. The highest BCUT2D eigenvalue weighted by atomic mass is 32.2. The fraction of sp³-hybridized carbons (Fsp3) is 0.519. The van der Waals surface area contributed by atoms with Crippen LogP contribution in [0.15, 0.2) is 47.4 Å². The molecule has 1 aliphatic heterocycles. The van der Waals surface area contributed by atoms with Crippen molar-refractivity contribution in [2.75, 3.05) is 26.5 Å². The number of rotatable bonds is 7. The molecule has 2 aromatic rings. The number of thioether (sulfide) groups is 1. The summed E-state index contributed by atoms with van der Waals surface area (Å²) in [5.74, 6) is 1.50. The van der Waals surface area contributed by atoms with E-state index in [1.807, 2.05) is 42.5 Å². The van der Waals surface area contributed by atoms with Gasteiger partial charge in [0.05, 0.1) is 20.0 Å². The summed E-state index contributed by atoms with van der Waals surface area (Å²) in [5.41, 5.74) is 0.865. The van der Waals surface area contributed by atoms with Crippen molar-refractivity contribution < 1.29 is 22.7 Å². The molecule has 2 aromatic carbocycles. The van der Waals surface area contributed by atoms with Crippen LogP contribution in [0, 0.1) is 16.7 Å². The van der Waals surface area contributed by atoms with Crippen molar-refractivity contribution in [2.45, 2.75) is 49.8 Å². The minimum absolute atomic E-state index is 0.114. The molecule has 0 amide bonds. The van der Waals surface area contributed by atoms with Gasteiger partial charge in [-0.25, -0.2) is 8.42 Å². The van der Waals surface area contributed by atoms with Crippen molar-refractivity contribution in [3.8, 4) is 11.5 Å². The van der Waals surface area contributed by atoms with Crippen molar-refractivity contribution in [3.05, 3.63) is 53.6 Å². The van der Waals surface area contributed by atoms with E-state index in [0.29, 0.717) is 37.3 Å². The summed E-state index contributed by atoms with van der Waals surface area (Å²) in [6.07, 6.45) is 2.67. The van der Waals surface area contributed by atoms with E-state index in [2.05, 4.69) is 13.8 Å². The number of sulfonamides is 1. The van der Waals surface area contributed by atoms with Crippen LogP contribution in [0.1, 0.15) is 49.6 Å². The van der Waals surface area contributed by atoms with Crippen LogP contribution in [0.25, 0.3) is 0 Å². The van der Waals surface area contributed by atoms with Crippen molar-refractivity contribution >= 4 is 27.6 Å². The van der Waals surface area contributed by atoms with Crippen LogP contribution in [-0.4, -0.2) is 45.0 Å². The number of hydrogen-bond acceptors (Lipinski definition) is 6. The fourth-order valence-corrected chi connectivity index (χ4v) is 10.3. The first kappa shape index (κ1) is 24.7. The topological polar surface area (TPSA) is 72.9 Å². The van der Waals surface area contributed by atoms with E-state index in [9.17, 15) is 13.2 Å². The summed E-state index contributed by atoms with van der Waals surface area (Å²) in [7, 11) is -0.549. The number of benzene rings is 2. The maximum atomic E-state index is 14.1. The van der Waals surface area contributed by atoms with E-state index in [4.69, 9.17) is 9.47 Å². The van der Waals surface area contributed by atoms with Crippen LogP contribution in [0.5, 0.6) is 11.5 Å². The molecule has 5 rings (SSSR count). The van der Waals surface area contributed by atoms with Crippen LogP contribution >= 0.6 is 11.8 Å². The number of ketones is 1. The zero-order valence-electron chi connectivity index (χ0n) is 20.7. The van der Waals surface area contributed by atoms with Crippen LogP contribution in [-0.2, 0) is 21.2 Å². The zero-order chi connectivity index (χ0) is 25.0. The summed E-state index contributed by atoms with van der Waals surface area (Å²) >= 11 is 1.52. The Morgan fingerprint density at radius 1 is 1.09 bits per heavy atom. The predicted octanol–water partition coefficient (Wildman–Crippen LogP) is 5.08. The summed E-state index contributed by atoms with van der Waals surface area (Å²) in [6.45, 7) is 4.54. The van der Waals surface area contributed by atoms with Gasteiger partial charge < -0.3 is 9.47 Å².